The van der Waals surface area contributed by atoms with Gasteiger partial charge in [-0.2, -0.15) is 5.10 Å². The number of hydrogen-bond donors (Lipinski definition) is 3. The number of aromatic nitrogens is 4. The van der Waals surface area contributed by atoms with Gasteiger partial charge in [0.1, 0.15) is 5.75 Å². The Labute approximate surface area is 174 Å². The molecule has 11 heteroatoms. The minimum Gasteiger partial charge on any atom is -0.507 e. The van der Waals surface area contributed by atoms with Crippen LogP contribution in [0, 0.1) is 0 Å². The summed E-state index contributed by atoms with van der Waals surface area (Å²) in [4.78, 5) is 2.19. The van der Waals surface area contributed by atoms with Gasteiger partial charge in [0.2, 0.25) is 0 Å². The summed E-state index contributed by atoms with van der Waals surface area (Å²) in [7, 11) is 2.07. The Morgan fingerprint density at radius 1 is 0.967 bits per heavy atom. The lowest BCUT2D eigenvalue weighted by molar-refractivity contribution is 0.441. The maximum atomic E-state index is 10.4. The molecule has 1 aliphatic rings. The van der Waals surface area contributed by atoms with Crippen LogP contribution in [-0.2, 0) is 0 Å². The molecule has 0 spiro atoms. The number of H-pyrrole nitrogens is 1. The van der Waals surface area contributed by atoms with Gasteiger partial charge in [-0.3, -0.25) is 5.10 Å². The molecule has 166 valence electrons. The number of hydrogen-bond acceptors (Lipinski definition) is 6. The molecule has 2 aromatic heterocycles. The van der Waals surface area contributed by atoms with E-state index in [2.05, 4.69) is 37.7 Å². The lowest BCUT2D eigenvalue weighted by Crippen LogP contribution is -2.41. The first kappa shape index (κ1) is 26.9. The van der Waals surface area contributed by atoms with Crippen molar-refractivity contribution in [2.24, 2.45) is 0 Å². The topological polar surface area (TPSA) is 216 Å². The molecule has 0 unspecified atom stereocenters. The van der Waals surface area contributed by atoms with Crippen molar-refractivity contribution in [1.29, 1.82) is 0 Å². The second-order valence-corrected chi connectivity index (χ2v) is 6.59. The SMILES string of the molecule is CN(c1ccc(-c2ccc(-c3cn[nH]c3)cc2O)nn1)C1CCNCC1.O.O.O.O. The number of nitrogens with one attached hydrogen (secondary N) is 2. The van der Waals surface area contributed by atoms with Crippen molar-refractivity contribution in [1.82, 2.24) is 25.7 Å². The largest absolute Gasteiger partial charge is 0.507 e. The van der Waals surface area contributed by atoms with E-state index in [1.807, 2.05) is 24.3 Å². The predicted molar refractivity (Wildman–Crippen MR) is 115 cm³/mol. The van der Waals surface area contributed by atoms with Crippen molar-refractivity contribution >= 4 is 5.82 Å². The maximum Gasteiger partial charge on any atom is 0.151 e. The van der Waals surface area contributed by atoms with E-state index in [1.165, 1.54) is 0 Å². The van der Waals surface area contributed by atoms with Crippen LogP contribution in [0.1, 0.15) is 12.8 Å². The number of phenols is 1. The fraction of sp³-hybridized carbons (Fsp3) is 0.316. The number of benzene rings is 1. The molecule has 1 aromatic carbocycles. The molecule has 0 radical (unpaired) electrons. The summed E-state index contributed by atoms with van der Waals surface area (Å²) >= 11 is 0. The molecular weight excluding hydrogens is 392 g/mol. The summed E-state index contributed by atoms with van der Waals surface area (Å²) in [5.74, 6) is 1.03. The van der Waals surface area contributed by atoms with Crippen LogP contribution < -0.4 is 10.2 Å². The second kappa shape index (κ2) is 11.8. The fourth-order valence-corrected chi connectivity index (χ4v) is 3.37. The van der Waals surface area contributed by atoms with E-state index in [0.29, 0.717) is 17.3 Å². The number of phenolic OH excluding ortho intramolecular Hbond substituents is 1. The minimum atomic E-state index is 0. The first-order valence-electron chi connectivity index (χ1n) is 8.82. The number of piperidine rings is 1. The average molecular weight is 422 g/mol. The maximum absolute atomic E-state index is 10.4. The summed E-state index contributed by atoms with van der Waals surface area (Å²) < 4.78 is 0. The van der Waals surface area contributed by atoms with E-state index < -0.39 is 0 Å². The number of rotatable bonds is 4. The van der Waals surface area contributed by atoms with Gasteiger partial charge in [-0.25, -0.2) is 0 Å². The zero-order valence-electron chi connectivity index (χ0n) is 16.7. The number of aromatic hydroxyl groups is 1. The fourth-order valence-electron chi connectivity index (χ4n) is 3.37. The van der Waals surface area contributed by atoms with Crippen LogP contribution in [0.3, 0.4) is 0 Å². The third-order valence-corrected chi connectivity index (χ3v) is 4.97. The lowest BCUT2D eigenvalue weighted by Gasteiger charge is -2.32. The molecule has 1 aliphatic heterocycles. The van der Waals surface area contributed by atoms with Gasteiger partial charge in [-0.1, -0.05) is 6.07 Å². The van der Waals surface area contributed by atoms with Crippen molar-refractivity contribution in [3.8, 4) is 28.1 Å². The van der Waals surface area contributed by atoms with Crippen molar-refractivity contribution in [2.45, 2.75) is 18.9 Å². The Balaban J connectivity index is 0.00000210. The van der Waals surface area contributed by atoms with Crippen LogP contribution >= 0.6 is 0 Å². The van der Waals surface area contributed by atoms with E-state index in [1.54, 1.807) is 18.5 Å². The van der Waals surface area contributed by atoms with E-state index in [0.717, 1.165) is 42.9 Å². The molecule has 1 fully saturated rings. The normalized spacial score (nSPS) is 13.1. The van der Waals surface area contributed by atoms with Gasteiger partial charge < -0.3 is 37.2 Å². The molecule has 0 saturated carbocycles. The molecule has 3 aromatic rings. The first-order valence-corrected chi connectivity index (χ1v) is 8.82. The number of nitrogens with zero attached hydrogens (tertiary/aromatic N) is 4. The molecule has 0 atom stereocenters. The zero-order valence-corrected chi connectivity index (χ0v) is 16.7. The summed E-state index contributed by atoms with van der Waals surface area (Å²) in [6.45, 7) is 2.08. The lowest BCUT2D eigenvalue weighted by atomic mass is 10.0. The van der Waals surface area contributed by atoms with Gasteiger partial charge in [0.25, 0.3) is 0 Å². The van der Waals surface area contributed by atoms with Crippen molar-refractivity contribution in [3.63, 3.8) is 0 Å². The van der Waals surface area contributed by atoms with Crippen LogP contribution in [0.4, 0.5) is 5.82 Å². The Bertz CT molecular complexity index is 870. The van der Waals surface area contributed by atoms with Crippen LogP contribution in [-0.4, -0.2) is 73.6 Å². The highest BCUT2D eigenvalue weighted by Gasteiger charge is 2.19. The Hall–Kier alpha value is -3.09. The average Bonchev–Trinajstić information content (AvgIpc) is 3.23. The number of anilines is 1. The minimum absolute atomic E-state index is 0. The molecular formula is C19H30N6O5. The first-order chi connectivity index (χ1) is 12.7. The highest BCUT2D eigenvalue weighted by molar-refractivity contribution is 5.73. The number of aromatic amines is 1. The molecule has 3 heterocycles. The van der Waals surface area contributed by atoms with Gasteiger partial charge in [-0.15, -0.1) is 10.2 Å². The van der Waals surface area contributed by atoms with Gasteiger partial charge >= 0.3 is 0 Å². The van der Waals surface area contributed by atoms with E-state index in [9.17, 15) is 5.11 Å². The van der Waals surface area contributed by atoms with Gasteiger partial charge in [0.05, 0.1) is 11.9 Å². The van der Waals surface area contributed by atoms with Crippen molar-refractivity contribution in [3.05, 3.63) is 42.7 Å². The van der Waals surface area contributed by atoms with Gasteiger partial charge in [0, 0.05) is 30.4 Å². The monoisotopic (exact) mass is 422 g/mol. The third-order valence-electron chi connectivity index (χ3n) is 4.97. The molecule has 0 aliphatic carbocycles. The molecule has 1 saturated heterocycles. The van der Waals surface area contributed by atoms with Crippen LogP contribution in [0.15, 0.2) is 42.7 Å². The van der Waals surface area contributed by atoms with Crippen molar-refractivity contribution < 1.29 is 27.0 Å². The third kappa shape index (κ3) is 5.49. The van der Waals surface area contributed by atoms with Crippen LogP contribution in [0.25, 0.3) is 22.4 Å². The molecule has 4 rings (SSSR count). The molecule has 0 amide bonds. The highest BCUT2D eigenvalue weighted by Crippen LogP contribution is 2.32. The predicted octanol–water partition coefficient (Wildman–Crippen LogP) is -0.871. The molecule has 0 bridgehead atoms. The van der Waals surface area contributed by atoms with Gasteiger partial charge in [-0.05, 0) is 55.8 Å². The van der Waals surface area contributed by atoms with E-state index in [4.69, 9.17) is 0 Å². The smallest absolute Gasteiger partial charge is 0.151 e. The van der Waals surface area contributed by atoms with Crippen molar-refractivity contribution in [2.75, 3.05) is 25.0 Å². The summed E-state index contributed by atoms with van der Waals surface area (Å²) in [6, 6.07) is 9.88. The highest BCUT2D eigenvalue weighted by atomic mass is 16.3. The van der Waals surface area contributed by atoms with Gasteiger partial charge in [0.15, 0.2) is 5.82 Å². The molecule has 11 N–H and O–H groups in total. The molecule has 30 heavy (non-hydrogen) atoms. The Kier molecular flexibility index (Phi) is 10.6. The Morgan fingerprint density at radius 2 is 1.70 bits per heavy atom. The van der Waals surface area contributed by atoms with Crippen LogP contribution in [0.5, 0.6) is 5.75 Å². The van der Waals surface area contributed by atoms with Crippen LogP contribution in [0.2, 0.25) is 0 Å². The second-order valence-electron chi connectivity index (χ2n) is 6.59. The standard InChI is InChI=1S/C19H22N6O.4H2O/c1-25(15-6-8-20-9-7-15)19-5-4-17(23-24-19)16-3-2-13(10-18(16)26)14-11-21-22-12-14;;;;/h2-5,10-12,15,20,26H,6-9H2,1H3,(H,21,22);4*1H2. The quantitative estimate of drug-likeness (QED) is 0.485. The molecule has 11 nitrogen and oxygen atoms in total. The summed E-state index contributed by atoms with van der Waals surface area (Å²) in [6.07, 6.45) is 5.73. The summed E-state index contributed by atoms with van der Waals surface area (Å²) in [5, 5.41) is 29.2. The summed E-state index contributed by atoms with van der Waals surface area (Å²) in [5.41, 5.74) is 3.15. The van der Waals surface area contributed by atoms with E-state index in [-0.39, 0.29) is 27.7 Å². The van der Waals surface area contributed by atoms with E-state index >= 15 is 0 Å². The Morgan fingerprint density at radius 3 is 2.27 bits per heavy atom. The zero-order chi connectivity index (χ0) is 17.9.